The smallest absolute Gasteiger partial charge is 0.331 e. The fourth-order valence-electron chi connectivity index (χ4n) is 0.373. The summed E-state index contributed by atoms with van der Waals surface area (Å²) >= 11 is 0. The van der Waals surface area contributed by atoms with Gasteiger partial charge in [0.15, 0.2) is 6.79 Å². The molecule has 0 spiro atoms. The van der Waals surface area contributed by atoms with Crippen LogP contribution in [0.25, 0.3) is 0 Å². The van der Waals surface area contributed by atoms with Crippen molar-refractivity contribution >= 4 is 11.9 Å². The van der Waals surface area contributed by atoms with Crippen LogP contribution in [0.2, 0.25) is 0 Å². The number of ether oxygens (including phenoxy) is 1. The highest BCUT2D eigenvalue weighted by atomic mass is 16.6. The maximum atomic E-state index is 10.5. The molecule has 0 heterocycles. The van der Waals surface area contributed by atoms with Crippen molar-refractivity contribution in [3.63, 3.8) is 0 Å². The lowest BCUT2D eigenvalue weighted by Gasteiger charge is -1.99. The molecule has 0 aromatic heterocycles. The first-order chi connectivity index (χ1) is 5.07. The minimum Gasteiger partial charge on any atom is -0.478 e. The predicted octanol–water partition coefficient (Wildman–Crippen LogP) is -0.490. The second-order valence-electron chi connectivity index (χ2n) is 1.73. The summed E-state index contributed by atoms with van der Waals surface area (Å²) in [5, 5.41) is 16.3. The zero-order chi connectivity index (χ0) is 8.85. The molecule has 0 radical (unpaired) electrons. The highest BCUT2D eigenvalue weighted by Gasteiger charge is 2.10. The first-order valence-corrected chi connectivity index (χ1v) is 2.75. The van der Waals surface area contributed by atoms with Crippen LogP contribution >= 0.6 is 0 Å². The molecule has 0 bridgehead atoms. The fraction of sp³-hybridized carbons (Fsp3) is 0.333. The molecule has 0 saturated carbocycles. The Morgan fingerprint density at radius 1 is 1.45 bits per heavy atom. The summed E-state index contributed by atoms with van der Waals surface area (Å²) < 4.78 is 4.06. The molecule has 0 rings (SSSR count). The van der Waals surface area contributed by atoms with Crippen molar-refractivity contribution in [2.45, 2.75) is 6.42 Å². The van der Waals surface area contributed by atoms with Gasteiger partial charge in [-0.3, -0.25) is 4.79 Å². The van der Waals surface area contributed by atoms with Crippen molar-refractivity contribution in [1.82, 2.24) is 0 Å². The zero-order valence-corrected chi connectivity index (χ0v) is 5.74. The lowest BCUT2D eigenvalue weighted by molar-refractivity contribution is -0.152. The largest absolute Gasteiger partial charge is 0.478 e. The normalized spacial score (nSPS) is 8.82. The number of aliphatic hydroxyl groups is 1. The van der Waals surface area contributed by atoms with Crippen molar-refractivity contribution in [2.24, 2.45) is 0 Å². The average Bonchev–Trinajstić information content (AvgIpc) is 1.87. The summed E-state index contributed by atoms with van der Waals surface area (Å²) in [5.41, 5.74) is -0.261. The summed E-state index contributed by atoms with van der Waals surface area (Å²) in [7, 11) is 0. The van der Waals surface area contributed by atoms with Crippen molar-refractivity contribution in [3.8, 4) is 0 Å². The number of rotatable bonds is 4. The minimum absolute atomic E-state index is 0.261. The van der Waals surface area contributed by atoms with Crippen molar-refractivity contribution in [3.05, 3.63) is 12.2 Å². The minimum atomic E-state index is -1.25. The zero-order valence-electron chi connectivity index (χ0n) is 5.74. The third kappa shape index (κ3) is 4.10. The van der Waals surface area contributed by atoms with E-state index in [1.54, 1.807) is 0 Å². The van der Waals surface area contributed by atoms with Gasteiger partial charge in [-0.15, -0.1) is 0 Å². The van der Waals surface area contributed by atoms with Crippen molar-refractivity contribution < 1.29 is 24.5 Å². The van der Waals surface area contributed by atoms with Crippen LogP contribution in [-0.4, -0.2) is 28.9 Å². The van der Waals surface area contributed by atoms with Gasteiger partial charge in [0, 0.05) is 5.57 Å². The molecule has 5 heteroatoms. The molecule has 0 aromatic carbocycles. The Hall–Kier alpha value is -1.36. The van der Waals surface area contributed by atoms with Gasteiger partial charge >= 0.3 is 11.9 Å². The predicted molar refractivity (Wildman–Crippen MR) is 34.6 cm³/mol. The van der Waals surface area contributed by atoms with Gasteiger partial charge in [0.05, 0.1) is 6.42 Å². The molecule has 2 N–H and O–H groups in total. The van der Waals surface area contributed by atoms with Gasteiger partial charge in [-0.2, -0.15) is 0 Å². The van der Waals surface area contributed by atoms with E-state index in [4.69, 9.17) is 10.2 Å². The van der Waals surface area contributed by atoms with Crippen LogP contribution in [0.4, 0.5) is 0 Å². The maximum Gasteiger partial charge on any atom is 0.331 e. The summed E-state index contributed by atoms with van der Waals surface area (Å²) in [4.78, 5) is 20.5. The molecule has 0 amide bonds. The fourth-order valence-corrected chi connectivity index (χ4v) is 0.373. The van der Waals surface area contributed by atoms with Crippen molar-refractivity contribution in [1.29, 1.82) is 0 Å². The van der Waals surface area contributed by atoms with Crippen LogP contribution in [-0.2, 0) is 14.3 Å². The van der Waals surface area contributed by atoms with E-state index in [0.29, 0.717) is 0 Å². The quantitative estimate of drug-likeness (QED) is 0.329. The number of carboxylic acid groups (broad SMARTS) is 1. The molecular formula is C6H8O5. The molecule has 0 aromatic rings. The molecule has 5 nitrogen and oxygen atoms in total. The first-order valence-electron chi connectivity index (χ1n) is 2.75. The van der Waals surface area contributed by atoms with Crippen LogP contribution in [0, 0.1) is 0 Å². The summed E-state index contributed by atoms with van der Waals surface area (Å²) in [6.45, 7) is 2.35. The highest BCUT2D eigenvalue weighted by Crippen LogP contribution is 1.98. The van der Waals surface area contributed by atoms with E-state index in [1.165, 1.54) is 0 Å². The van der Waals surface area contributed by atoms with E-state index in [-0.39, 0.29) is 5.57 Å². The third-order valence-corrected chi connectivity index (χ3v) is 0.886. The van der Waals surface area contributed by atoms with Crippen LogP contribution in [0.3, 0.4) is 0 Å². The molecule has 0 atom stereocenters. The van der Waals surface area contributed by atoms with E-state index < -0.39 is 25.2 Å². The van der Waals surface area contributed by atoms with E-state index in [9.17, 15) is 9.59 Å². The van der Waals surface area contributed by atoms with Gasteiger partial charge in [-0.05, 0) is 0 Å². The Labute approximate surface area is 62.9 Å². The topological polar surface area (TPSA) is 83.8 Å². The summed E-state index contributed by atoms with van der Waals surface area (Å²) in [5.74, 6) is -2.06. The third-order valence-electron chi connectivity index (χ3n) is 0.886. The molecule has 0 aliphatic carbocycles. The second kappa shape index (κ2) is 4.45. The molecule has 62 valence electrons. The van der Waals surface area contributed by atoms with Crippen LogP contribution in [0.15, 0.2) is 12.2 Å². The Bertz CT molecular complexity index is 183. The molecular weight excluding hydrogens is 152 g/mol. The lowest BCUT2D eigenvalue weighted by Crippen LogP contribution is -2.10. The van der Waals surface area contributed by atoms with E-state index >= 15 is 0 Å². The number of carbonyl (C=O) groups is 2. The number of aliphatic hydroxyl groups excluding tert-OH is 1. The van der Waals surface area contributed by atoms with Gasteiger partial charge in [-0.1, -0.05) is 6.58 Å². The standard InChI is InChI=1S/C6H8O5/c1-4(6(9)10)2-5(8)11-3-7/h7H,1-3H2,(H,9,10). The van der Waals surface area contributed by atoms with Crippen molar-refractivity contribution in [2.75, 3.05) is 6.79 Å². The molecule has 0 fully saturated rings. The highest BCUT2D eigenvalue weighted by molar-refractivity contribution is 5.91. The molecule has 0 aliphatic heterocycles. The number of carboxylic acids is 1. The monoisotopic (exact) mass is 160 g/mol. The first kappa shape index (κ1) is 9.64. The van der Waals surface area contributed by atoms with Gasteiger partial charge in [-0.25, -0.2) is 4.79 Å². The molecule has 0 unspecified atom stereocenters. The second-order valence-corrected chi connectivity index (χ2v) is 1.73. The summed E-state index contributed by atoms with van der Waals surface area (Å²) in [6, 6.07) is 0. The van der Waals surface area contributed by atoms with E-state index in [1.807, 2.05) is 0 Å². The summed E-state index contributed by atoms with van der Waals surface area (Å²) in [6.07, 6.45) is -0.407. The Morgan fingerprint density at radius 3 is 2.36 bits per heavy atom. The van der Waals surface area contributed by atoms with Gasteiger partial charge in [0.2, 0.25) is 0 Å². The molecule has 0 saturated heterocycles. The number of carbonyl (C=O) groups excluding carboxylic acids is 1. The SMILES string of the molecule is C=C(CC(=O)OCO)C(=O)O. The lowest BCUT2D eigenvalue weighted by atomic mass is 10.2. The Morgan fingerprint density at radius 2 is 2.00 bits per heavy atom. The number of hydrogen-bond donors (Lipinski definition) is 2. The molecule has 0 aliphatic rings. The number of aliphatic carboxylic acids is 1. The Balaban J connectivity index is 3.76. The van der Waals surface area contributed by atoms with Crippen LogP contribution in [0.1, 0.15) is 6.42 Å². The number of esters is 1. The van der Waals surface area contributed by atoms with Gasteiger partial charge < -0.3 is 14.9 Å². The number of hydrogen-bond acceptors (Lipinski definition) is 4. The van der Waals surface area contributed by atoms with E-state index in [0.717, 1.165) is 0 Å². The Kier molecular flexibility index (Phi) is 3.90. The van der Waals surface area contributed by atoms with Gasteiger partial charge in [0.25, 0.3) is 0 Å². The van der Waals surface area contributed by atoms with Crippen LogP contribution in [0.5, 0.6) is 0 Å². The average molecular weight is 160 g/mol. The van der Waals surface area contributed by atoms with E-state index in [2.05, 4.69) is 11.3 Å². The van der Waals surface area contributed by atoms with Gasteiger partial charge in [0.1, 0.15) is 0 Å². The molecule has 11 heavy (non-hydrogen) atoms. The maximum absolute atomic E-state index is 10.5. The van der Waals surface area contributed by atoms with Crippen LogP contribution < -0.4 is 0 Å².